The molecule has 1 N–H and O–H groups in total. The van der Waals surface area contributed by atoms with E-state index < -0.39 is 0 Å². The van der Waals surface area contributed by atoms with E-state index in [-0.39, 0.29) is 23.3 Å². The zero-order valence-corrected chi connectivity index (χ0v) is 19.2. The number of nitrogens with one attached hydrogen (secondary N) is 1. The van der Waals surface area contributed by atoms with Crippen LogP contribution >= 0.6 is 11.6 Å². The molecule has 4 nitrogen and oxygen atoms in total. The van der Waals surface area contributed by atoms with E-state index in [9.17, 15) is 9.18 Å². The fourth-order valence-electron chi connectivity index (χ4n) is 5.78. The molecule has 1 spiro atoms. The van der Waals surface area contributed by atoms with Crippen LogP contribution in [0.15, 0.2) is 42.5 Å². The van der Waals surface area contributed by atoms with Gasteiger partial charge in [0.15, 0.2) is 0 Å². The molecule has 0 bridgehead atoms. The van der Waals surface area contributed by atoms with Gasteiger partial charge in [0, 0.05) is 35.3 Å². The highest BCUT2D eigenvalue weighted by atomic mass is 35.5. The Morgan fingerprint density at radius 1 is 1.09 bits per heavy atom. The van der Waals surface area contributed by atoms with Crippen LogP contribution in [0.3, 0.4) is 0 Å². The van der Waals surface area contributed by atoms with E-state index in [1.165, 1.54) is 30.9 Å². The molecule has 0 aromatic heterocycles. The maximum atomic E-state index is 14.3. The molecule has 1 saturated heterocycles. The van der Waals surface area contributed by atoms with Crippen LogP contribution in [0.5, 0.6) is 0 Å². The van der Waals surface area contributed by atoms with Gasteiger partial charge in [0.1, 0.15) is 5.82 Å². The number of carbonyl (C=O) groups excluding carboxylic acids is 1. The Labute approximate surface area is 194 Å². The Kier molecular flexibility index (Phi) is 6.13. The molecule has 0 radical (unpaired) electrons. The molecule has 2 heterocycles. The van der Waals surface area contributed by atoms with Crippen LogP contribution in [0.2, 0.25) is 5.02 Å². The van der Waals surface area contributed by atoms with E-state index in [0.717, 1.165) is 61.6 Å². The molecule has 2 aromatic rings. The third-order valence-electron chi connectivity index (χ3n) is 7.57. The van der Waals surface area contributed by atoms with Gasteiger partial charge < -0.3 is 5.32 Å². The Morgan fingerprint density at radius 3 is 2.62 bits per heavy atom. The zero-order valence-electron chi connectivity index (χ0n) is 18.5. The molecule has 32 heavy (non-hydrogen) atoms. The minimum atomic E-state index is -0.223. The summed E-state index contributed by atoms with van der Waals surface area (Å²) in [5, 5.41) is 4.02. The van der Waals surface area contributed by atoms with Gasteiger partial charge in [0.25, 0.3) is 0 Å². The van der Waals surface area contributed by atoms with Gasteiger partial charge in [-0.15, -0.1) is 0 Å². The second-order valence-electron chi connectivity index (χ2n) is 9.72. The molecule has 2 aliphatic heterocycles. The van der Waals surface area contributed by atoms with Crippen LogP contribution in [-0.2, 0) is 12.0 Å². The highest BCUT2D eigenvalue weighted by Crippen LogP contribution is 2.47. The first-order chi connectivity index (χ1) is 15.5. The van der Waals surface area contributed by atoms with Gasteiger partial charge in [-0.3, -0.25) is 9.80 Å². The number of hydrogen-bond acceptors (Lipinski definition) is 2. The van der Waals surface area contributed by atoms with E-state index >= 15 is 0 Å². The normalized spacial score (nSPS) is 21.0. The Morgan fingerprint density at radius 2 is 1.88 bits per heavy atom. The summed E-state index contributed by atoms with van der Waals surface area (Å²) in [4.78, 5) is 17.5. The lowest BCUT2D eigenvalue weighted by Crippen LogP contribution is -2.49. The molecule has 0 unspecified atom stereocenters. The second-order valence-corrected chi connectivity index (χ2v) is 10.2. The average molecular weight is 456 g/mol. The smallest absolute Gasteiger partial charge is 0.322 e. The minimum absolute atomic E-state index is 0.0250. The van der Waals surface area contributed by atoms with E-state index in [0.29, 0.717) is 6.54 Å². The molecule has 170 valence electrons. The first-order valence-electron chi connectivity index (χ1n) is 11.9. The van der Waals surface area contributed by atoms with Crippen molar-refractivity contribution in [3.8, 4) is 0 Å². The predicted molar refractivity (Wildman–Crippen MR) is 127 cm³/mol. The lowest BCUT2D eigenvalue weighted by atomic mass is 9.74. The highest BCUT2D eigenvalue weighted by Gasteiger charge is 2.46. The Hall–Kier alpha value is -2.11. The lowest BCUT2D eigenvalue weighted by molar-refractivity contribution is 0.159. The quantitative estimate of drug-likeness (QED) is 0.627. The second kappa shape index (κ2) is 9.03. The summed E-state index contributed by atoms with van der Waals surface area (Å²) in [6, 6.07) is 13.2. The predicted octanol–water partition coefficient (Wildman–Crippen LogP) is 5.88. The van der Waals surface area contributed by atoms with Crippen molar-refractivity contribution in [2.45, 2.75) is 62.9 Å². The first-order valence-corrected chi connectivity index (χ1v) is 12.3. The number of nitrogens with zero attached hydrogens (tertiary/aromatic N) is 2. The maximum absolute atomic E-state index is 14.3. The number of halogens is 2. The molecule has 0 atom stereocenters. The molecule has 1 saturated carbocycles. The van der Waals surface area contributed by atoms with Crippen molar-refractivity contribution >= 4 is 23.3 Å². The third kappa shape index (κ3) is 4.38. The number of anilines is 1. The highest BCUT2D eigenvalue weighted by molar-refractivity contribution is 6.30. The van der Waals surface area contributed by atoms with Crippen molar-refractivity contribution in [2.24, 2.45) is 0 Å². The first kappa shape index (κ1) is 21.7. The Bertz CT molecular complexity index is 983. The fraction of sp³-hybridized carbons (Fsp3) is 0.500. The van der Waals surface area contributed by atoms with Crippen LogP contribution in [0.25, 0.3) is 0 Å². The van der Waals surface area contributed by atoms with E-state index in [1.54, 1.807) is 12.1 Å². The van der Waals surface area contributed by atoms with Crippen molar-refractivity contribution in [1.29, 1.82) is 0 Å². The summed E-state index contributed by atoms with van der Waals surface area (Å²) in [5.41, 5.74) is 2.91. The molecule has 3 aliphatic rings. The van der Waals surface area contributed by atoms with Crippen LogP contribution in [0.1, 0.15) is 56.1 Å². The minimum Gasteiger partial charge on any atom is -0.335 e. The van der Waals surface area contributed by atoms with Crippen molar-refractivity contribution in [2.75, 3.05) is 24.5 Å². The SMILES string of the molecule is O=C(NC1CCCCC1)N1CC2(CCN(Cc3cccc(Cl)c3)CC2)c2cc(F)ccc21. The van der Waals surface area contributed by atoms with E-state index in [4.69, 9.17) is 11.6 Å². The molecule has 1 aliphatic carbocycles. The van der Waals surface area contributed by atoms with Crippen molar-refractivity contribution in [1.82, 2.24) is 10.2 Å². The lowest BCUT2D eigenvalue weighted by Gasteiger charge is -2.40. The molecular weight excluding hydrogens is 425 g/mol. The standard InChI is InChI=1S/C26H31ClFN3O/c27-20-6-4-5-19(15-20)17-30-13-11-26(12-14-30)18-31(24-10-9-21(28)16-23(24)26)25(32)29-22-7-2-1-3-8-22/h4-6,9-10,15-16,22H,1-3,7-8,11-14,17-18H2,(H,29,32). The van der Waals surface area contributed by atoms with Crippen molar-refractivity contribution in [3.63, 3.8) is 0 Å². The molecule has 2 aromatic carbocycles. The third-order valence-corrected chi connectivity index (χ3v) is 7.80. The summed E-state index contributed by atoms with van der Waals surface area (Å²) < 4.78 is 14.3. The number of urea groups is 1. The fourth-order valence-corrected chi connectivity index (χ4v) is 6.00. The number of fused-ring (bicyclic) bond motifs is 2. The van der Waals surface area contributed by atoms with Crippen LogP contribution < -0.4 is 10.2 Å². The van der Waals surface area contributed by atoms with Gasteiger partial charge in [-0.1, -0.05) is 43.0 Å². The van der Waals surface area contributed by atoms with Gasteiger partial charge >= 0.3 is 6.03 Å². The van der Waals surface area contributed by atoms with Gasteiger partial charge in [0.05, 0.1) is 0 Å². The van der Waals surface area contributed by atoms with Crippen LogP contribution in [-0.4, -0.2) is 36.6 Å². The van der Waals surface area contributed by atoms with Crippen molar-refractivity contribution < 1.29 is 9.18 Å². The molecule has 6 heteroatoms. The number of carbonyl (C=O) groups is 1. The number of amides is 2. The zero-order chi connectivity index (χ0) is 22.1. The Balaban J connectivity index is 1.31. The maximum Gasteiger partial charge on any atom is 0.322 e. The van der Waals surface area contributed by atoms with Gasteiger partial charge in [-0.2, -0.15) is 0 Å². The van der Waals surface area contributed by atoms with Gasteiger partial charge in [-0.05, 0) is 80.2 Å². The van der Waals surface area contributed by atoms with Gasteiger partial charge in [0.2, 0.25) is 0 Å². The summed E-state index contributed by atoms with van der Waals surface area (Å²) >= 11 is 6.15. The average Bonchev–Trinajstić information content (AvgIpc) is 3.10. The summed E-state index contributed by atoms with van der Waals surface area (Å²) in [6.07, 6.45) is 7.55. The van der Waals surface area contributed by atoms with Gasteiger partial charge in [-0.25, -0.2) is 9.18 Å². The largest absolute Gasteiger partial charge is 0.335 e. The number of rotatable bonds is 3. The van der Waals surface area contributed by atoms with Crippen molar-refractivity contribution in [3.05, 3.63) is 64.4 Å². The number of piperidine rings is 1. The van der Waals surface area contributed by atoms with Crippen LogP contribution in [0, 0.1) is 5.82 Å². The molecule has 5 rings (SSSR count). The number of hydrogen-bond donors (Lipinski definition) is 1. The topological polar surface area (TPSA) is 35.6 Å². The summed E-state index contributed by atoms with van der Waals surface area (Å²) in [7, 11) is 0. The molecule has 2 fully saturated rings. The molecular formula is C26H31ClFN3O. The summed E-state index contributed by atoms with van der Waals surface area (Å²) in [5.74, 6) is -0.223. The van der Waals surface area contributed by atoms with E-state index in [1.807, 2.05) is 23.1 Å². The number of likely N-dealkylation sites (tertiary alicyclic amines) is 1. The van der Waals surface area contributed by atoms with Crippen LogP contribution in [0.4, 0.5) is 14.9 Å². The number of benzene rings is 2. The molecule has 2 amide bonds. The monoisotopic (exact) mass is 455 g/mol. The summed E-state index contributed by atoms with van der Waals surface area (Å²) in [6.45, 7) is 3.33. The van der Waals surface area contributed by atoms with E-state index in [2.05, 4.69) is 16.3 Å².